The Hall–Kier alpha value is -2.53. The SMILES string of the molecule is COc1ccc(CNC(=O)CCN2CCN(c3cccc(C)c3C)CC2)cc1. The number of piperazine rings is 1. The molecule has 1 aliphatic rings. The second-order valence-corrected chi connectivity index (χ2v) is 7.42. The number of nitrogens with zero attached hydrogens (tertiary/aromatic N) is 2. The second kappa shape index (κ2) is 9.60. The van der Waals surface area contributed by atoms with Crippen molar-refractivity contribution in [2.75, 3.05) is 44.7 Å². The number of methoxy groups -OCH3 is 1. The third kappa shape index (κ3) is 5.26. The molecule has 0 aliphatic carbocycles. The van der Waals surface area contributed by atoms with Gasteiger partial charge in [-0.1, -0.05) is 24.3 Å². The summed E-state index contributed by atoms with van der Waals surface area (Å²) in [5.41, 5.74) is 5.13. The van der Waals surface area contributed by atoms with Crippen LogP contribution in [0, 0.1) is 13.8 Å². The van der Waals surface area contributed by atoms with Gasteiger partial charge < -0.3 is 15.0 Å². The lowest BCUT2D eigenvalue weighted by Crippen LogP contribution is -2.47. The van der Waals surface area contributed by atoms with Crippen molar-refractivity contribution in [3.63, 3.8) is 0 Å². The molecule has 5 nitrogen and oxygen atoms in total. The molecule has 1 aliphatic heterocycles. The Bertz CT molecular complexity index is 781. The number of carbonyl (C=O) groups is 1. The molecule has 0 bridgehead atoms. The zero-order chi connectivity index (χ0) is 19.9. The number of hydrogen-bond acceptors (Lipinski definition) is 4. The molecule has 3 rings (SSSR count). The van der Waals surface area contributed by atoms with Crippen molar-refractivity contribution in [1.29, 1.82) is 0 Å². The summed E-state index contributed by atoms with van der Waals surface area (Å²) >= 11 is 0. The third-order valence-electron chi connectivity index (χ3n) is 5.59. The van der Waals surface area contributed by atoms with Gasteiger partial charge in [-0.15, -0.1) is 0 Å². The molecule has 0 radical (unpaired) electrons. The summed E-state index contributed by atoms with van der Waals surface area (Å²) in [5.74, 6) is 0.933. The van der Waals surface area contributed by atoms with Crippen molar-refractivity contribution in [2.45, 2.75) is 26.8 Å². The first-order valence-corrected chi connectivity index (χ1v) is 10.00. The lowest BCUT2D eigenvalue weighted by Gasteiger charge is -2.37. The number of benzene rings is 2. The molecule has 2 aromatic rings. The van der Waals surface area contributed by atoms with Crippen LogP contribution in [0.15, 0.2) is 42.5 Å². The van der Waals surface area contributed by atoms with Gasteiger partial charge in [0, 0.05) is 51.4 Å². The van der Waals surface area contributed by atoms with Crippen LogP contribution in [0.5, 0.6) is 5.75 Å². The van der Waals surface area contributed by atoms with Gasteiger partial charge in [0.25, 0.3) is 0 Å². The summed E-state index contributed by atoms with van der Waals surface area (Å²) < 4.78 is 5.15. The molecular formula is C23H31N3O2. The first kappa shape index (κ1) is 20.2. The average Bonchev–Trinajstić information content (AvgIpc) is 2.73. The van der Waals surface area contributed by atoms with Gasteiger partial charge in [-0.05, 0) is 48.7 Å². The van der Waals surface area contributed by atoms with Crippen LogP contribution in [-0.2, 0) is 11.3 Å². The minimum atomic E-state index is 0.104. The largest absolute Gasteiger partial charge is 0.497 e. The predicted octanol–water partition coefficient (Wildman–Crippen LogP) is 3.14. The Morgan fingerprint density at radius 2 is 1.75 bits per heavy atom. The maximum atomic E-state index is 12.2. The van der Waals surface area contributed by atoms with E-state index in [4.69, 9.17) is 4.74 Å². The first-order valence-electron chi connectivity index (χ1n) is 10.00. The number of carbonyl (C=O) groups excluding carboxylic acids is 1. The molecule has 5 heteroatoms. The number of nitrogens with one attached hydrogen (secondary N) is 1. The molecule has 0 saturated carbocycles. The smallest absolute Gasteiger partial charge is 0.221 e. The summed E-state index contributed by atoms with van der Waals surface area (Å²) in [4.78, 5) is 17.0. The fraction of sp³-hybridized carbons (Fsp3) is 0.435. The van der Waals surface area contributed by atoms with Gasteiger partial charge in [0.2, 0.25) is 5.91 Å². The van der Waals surface area contributed by atoms with Crippen LogP contribution in [0.2, 0.25) is 0 Å². The van der Waals surface area contributed by atoms with Gasteiger partial charge in [0.1, 0.15) is 5.75 Å². The molecule has 2 aromatic carbocycles. The lowest BCUT2D eigenvalue weighted by atomic mass is 10.1. The van der Waals surface area contributed by atoms with Crippen LogP contribution in [0.4, 0.5) is 5.69 Å². The molecule has 0 unspecified atom stereocenters. The predicted molar refractivity (Wildman–Crippen MR) is 114 cm³/mol. The second-order valence-electron chi connectivity index (χ2n) is 7.42. The van der Waals surface area contributed by atoms with Gasteiger partial charge in [0.15, 0.2) is 0 Å². The Morgan fingerprint density at radius 1 is 1.04 bits per heavy atom. The Balaban J connectivity index is 1.38. The summed E-state index contributed by atoms with van der Waals surface area (Å²) in [7, 11) is 1.65. The Kier molecular flexibility index (Phi) is 6.93. The average molecular weight is 382 g/mol. The van der Waals surface area contributed by atoms with E-state index in [1.165, 1.54) is 16.8 Å². The molecule has 0 spiro atoms. The van der Waals surface area contributed by atoms with E-state index in [0.717, 1.165) is 44.0 Å². The van der Waals surface area contributed by atoms with Crippen LogP contribution < -0.4 is 15.0 Å². The normalized spacial score (nSPS) is 14.8. The van der Waals surface area contributed by atoms with Crippen molar-refractivity contribution in [1.82, 2.24) is 10.2 Å². The molecule has 1 heterocycles. The highest BCUT2D eigenvalue weighted by atomic mass is 16.5. The molecular weight excluding hydrogens is 350 g/mol. The van der Waals surface area contributed by atoms with E-state index in [1.807, 2.05) is 24.3 Å². The highest BCUT2D eigenvalue weighted by Gasteiger charge is 2.19. The van der Waals surface area contributed by atoms with Crippen molar-refractivity contribution < 1.29 is 9.53 Å². The number of amides is 1. The van der Waals surface area contributed by atoms with Gasteiger partial charge in [-0.25, -0.2) is 0 Å². The van der Waals surface area contributed by atoms with Gasteiger partial charge >= 0.3 is 0 Å². The Morgan fingerprint density at radius 3 is 2.43 bits per heavy atom. The highest BCUT2D eigenvalue weighted by Crippen LogP contribution is 2.23. The molecule has 1 saturated heterocycles. The number of anilines is 1. The minimum Gasteiger partial charge on any atom is -0.497 e. The van der Waals surface area contributed by atoms with E-state index in [2.05, 4.69) is 47.2 Å². The third-order valence-corrected chi connectivity index (χ3v) is 5.59. The van der Waals surface area contributed by atoms with E-state index in [0.29, 0.717) is 13.0 Å². The molecule has 1 fully saturated rings. The number of rotatable bonds is 7. The van der Waals surface area contributed by atoms with E-state index in [9.17, 15) is 4.79 Å². The summed E-state index contributed by atoms with van der Waals surface area (Å²) in [5, 5.41) is 3.01. The molecule has 28 heavy (non-hydrogen) atoms. The summed E-state index contributed by atoms with van der Waals surface area (Å²) in [6, 6.07) is 14.3. The van der Waals surface area contributed by atoms with E-state index in [-0.39, 0.29) is 5.91 Å². The van der Waals surface area contributed by atoms with Crippen molar-refractivity contribution in [3.05, 3.63) is 59.2 Å². The fourth-order valence-electron chi connectivity index (χ4n) is 3.58. The van der Waals surface area contributed by atoms with Crippen molar-refractivity contribution >= 4 is 11.6 Å². The molecule has 1 N–H and O–H groups in total. The first-order chi connectivity index (χ1) is 13.6. The minimum absolute atomic E-state index is 0.104. The standard InChI is InChI=1S/C23H31N3O2/c1-18-5-4-6-22(19(18)2)26-15-13-25(14-16-26)12-11-23(27)24-17-20-7-9-21(28-3)10-8-20/h4-10H,11-17H2,1-3H3,(H,24,27). The van der Waals surface area contributed by atoms with Gasteiger partial charge in [-0.2, -0.15) is 0 Å². The molecule has 0 atom stereocenters. The van der Waals surface area contributed by atoms with E-state index < -0.39 is 0 Å². The number of ether oxygens (including phenoxy) is 1. The van der Waals surface area contributed by atoms with Crippen LogP contribution >= 0.6 is 0 Å². The molecule has 150 valence electrons. The number of hydrogen-bond donors (Lipinski definition) is 1. The van der Waals surface area contributed by atoms with Gasteiger partial charge in [-0.3, -0.25) is 9.69 Å². The quantitative estimate of drug-likeness (QED) is 0.800. The topological polar surface area (TPSA) is 44.8 Å². The lowest BCUT2D eigenvalue weighted by molar-refractivity contribution is -0.121. The maximum Gasteiger partial charge on any atom is 0.221 e. The summed E-state index contributed by atoms with van der Waals surface area (Å²) in [6.45, 7) is 9.76. The molecule has 0 aromatic heterocycles. The van der Waals surface area contributed by atoms with Crippen LogP contribution in [0.25, 0.3) is 0 Å². The van der Waals surface area contributed by atoms with Gasteiger partial charge in [0.05, 0.1) is 7.11 Å². The fourth-order valence-corrected chi connectivity index (χ4v) is 3.58. The van der Waals surface area contributed by atoms with Crippen molar-refractivity contribution in [3.8, 4) is 5.75 Å². The summed E-state index contributed by atoms with van der Waals surface area (Å²) in [6.07, 6.45) is 0.541. The zero-order valence-electron chi connectivity index (χ0n) is 17.2. The number of aryl methyl sites for hydroxylation is 1. The highest BCUT2D eigenvalue weighted by molar-refractivity contribution is 5.76. The Labute approximate surface area is 168 Å². The zero-order valence-corrected chi connectivity index (χ0v) is 17.2. The van der Waals surface area contributed by atoms with Crippen LogP contribution in [0.3, 0.4) is 0 Å². The van der Waals surface area contributed by atoms with E-state index in [1.54, 1.807) is 7.11 Å². The maximum absolute atomic E-state index is 12.2. The van der Waals surface area contributed by atoms with Crippen LogP contribution in [-0.4, -0.2) is 50.6 Å². The molecule has 1 amide bonds. The van der Waals surface area contributed by atoms with Crippen molar-refractivity contribution in [2.24, 2.45) is 0 Å². The monoisotopic (exact) mass is 381 g/mol. The van der Waals surface area contributed by atoms with Crippen LogP contribution in [0.1, 0.15) is 23.1 Å². The van der Waals surface area contributed by atoms with E-state index >= 15 is 0 Å².